The second-order valence-corrected chi connectivity index (χ2v) is 33.9. The van der Waals surface area contributed by atoms with Gasteiger partial charge in [-0.2, -0.15) is 8.42 Å². The van der Waals surface area contributed by atoms with Crippen LogP contribution >= 0.6 is 0 Å². The molecule has 2 heterocycles. The van der Waals surface area contributed by atoms with Crippen molar-refractivity contribution in [3.05, 3.63) is 155 Å². The number of nitrogens with two attached hydrogens (primary N) is 1. The third kappa shape index (κ3) is 24.6. The number of benzene rings is 4. The summed E-state index contributed by atoms with van der Waals surface area (Å²) in [6.07, 6.45) is -0.783. The highest BCUT2D eigenvalue weighted by Crippen LogP contribution is 2.72. The van der Waals surface area contributed by atoms with E-state index >= 15 is 8.78 Å². The molecular formula is C89H113F2N9O22S. The molecule has 31 nitrogen and oxygen atoms in total. The number of nitrogens with one attached hydrogen (secondary N) is 7. The number of anilines is 3. The minimum absolute atomic E-state index is 0.00280. The first-order valence-electron chi connectivity index (χ1n) is 41.7. The van der Waals surface area contributed by atoms with Crippen molar-refractivity contribution >= 4 is 86.3 Å². The van der Waals surface area contributed by atoms with Crippen LogP contribution in [-0.4, -0.2) is 210 Å². The third-order valence-corrected chi connectivity index (χ3v) is 24.3. The quantitative estimate of drug-likeness (QED) is 0.0113. The van der Waals surface area contributed by atoms with E-state index in [0.717, 1.165) is 16.7 Å². The van der Waals surface area contributed by atoms with Crippen LogP contribution in [0, 0.1) is 46.3 Å². The topological polar surface area (TPSA) is 433 Å². The fraction of sp³-hybridized carbons (Fsp3) is 0.528. The predicted octanol–water partition coefficient (Wildman–Crippen LogP) is 8.25. The SMILES string of the molecule is C=C1C=C[C@@]2(C)C(=C1)[C@@H](F)C[C@H]1[C@@H]3C[C@H]4OC(CCC)O[C@@]4(C(=O)COc4ccc(NC(=O)OCc5ccc(NC(=O)[C@H](CCCNC(N)=O)CC(=O)[C@@H](NC(=O)[C@@H](CCC(=O)NCCS(=O)(=O)O)NC(=O)CCOCCOCCOCCOCCNC(=O)CCC(=O)N6Cc7ccccc7C#Cc7ccccc76)C(C)C)cc5)cc4)[C@@]3(C)C[C@H](O)[C@@]12F. The molecule has 666 valence electrons. The number of aliphatic hydroxyl groups is 1. The van der Waals surface area contributed by atoms with Gasteiger partial charge in [-0.25, -0.2) is 18.4 Å². The van der Waals surface area contributed by atoms with Gasteiger partial charge in [0.1, 0.15) is 31.2 Å². The van der Waals surface area contributed by atoms with Crippen molar-refractivity contribution in [1.29, 1.82) is 0 Å². The van der Waals surface area contributed by atoms with Crippen LogP contribution in [0.5, 0.6) is 5.75 Å². The number of urea groups is 1. The van der Waals surface area contributed by atoms with Crippen LogP contribution in [0.3, 0.4) is 0 Å². The number of hydrogen-bond donors (Lipinski definition) is 10. The smallest absolute Gasteiger partial charge is 0.411 e. The van der Waals surface area contributed by atoms with Gasteiger partial charge in [0.2, 0.25) is 41.2 Å². The van der Waals surface area contributed by atoms with Gasteiger partial charge in [0.05, 0.1) is 89.1 Å². The lowest BCUT2D eigenvalue weighted by atomic mass is 9.44. The molecule has 1 unspecified atom stereocenters. The van der Waals surface area contributed by atoms with Crippen molar-refractivity contribution in [3.8, 4) is 17.6 Å². The molecule has 0 bridgehead atoms. The number of ether oxygens (including phenoxy) is 8. The molecule has 4 aliphatic carbocycles. The fourth-order valence-electron chi connectivity index (χ4n) is 17.3. The zero-order valence-electron chi connectivity index (χ0n) is 70.0. The standard InChI is InChI=1S/C89H113F2N9O22S/c1-7-13-80-121-75-51-66-67-50-69(90)68-48-57(4)33-35-86(68,5)88(67,91)73(102)52-87(66,6)89(75,122-80)74(103)55-119-65-27-25-64(26-28-65)97-85(111)120-54-58-19-23-63(24-20-58)96-82(108)61(17-12-36-95-84(92)110)49-72(101)81(56(2)3)99-83(109)70(29-30-76(104)94-38-47-123(112,113)114)98-78(106)34-39-115-41-43-117-45-46-118-44-42-116-40-37-93-77(105)31-32-79(107)100-53-62-16-9-8-14-59(62)21-22-60-15-10-11-18-71(60)100/h8-11,14-16,18-20,23-28,33,35,48,56,61,66-67,69-70,73,75,80-81,102H,4,7,12-13,17,29-32,34,36-47,49-55H2,1-3,5-6H3,(H,93,105)(H,94,104)(H,96,108)(H,97,111)(H,98,106)(H,99,109)(H3,92,95,110)(H,112,113,114)/t61-,66+,67+,69+,70-,73+,75-,80?,81+,86+,87+,88+,89-/m1/s1. The second kappa shape index (κ2) is 43.8. The number of primary amides is 1. The molecule has 11 N–H and O–H groups in total. The number of amides is 9. The summed E-state index contributed by atoms with van der Waals surface area (Å²) in [7, 11) is -4.42. The summed E-state index contributed by atoms with van der Waals surface area (Å²) in [6.45, 7) is 13.4. The number of halogens is 2. The van der Waals surface area contributed by atoms with Gasteiger partial charge < -0.3 is 85.5 Å². The Labute approximate surface area is 714 Å². The summed E-state index contributed by atoms with van der Waals surface area (Å²) in [6, 6.07) is 24.0. The zero-order valence-corrected chi connectivity index (χ0v) is 70.8. The van der Waals surface area contributed by atoms with Crippen LogP contribution in [-0.2, 0) is 94.8 Å². The molecule has 34 heteroatoms. The predicted molar refractivity (Wildman–Crippen MR) is 449 cm³/mol. The molecule has 0 aromatic heterocycles. The summed E-state index contributed by atoms with van der Waals surface area (Å²) in [5, 5.41) is 30.3. The molecule has 13 atom stereocenters. The number of rotatable bonds is 46. The molecule has 0 spiro atoms. The van der Waals surface area contributed by atoms with E-state index in [1.807, 2.05) is 62.4 Å². The second-order valence-electron chi connectivity index (χ2n) is 32.4. The summed E-state index contributed by atoms with van der Waals surface area (Å²) >= 11 is 0. The third-order valence-electron chi connectivity index (χ3n) is 23.6. The Morgan fingerprint density at radius 1 is 0.724 bits per heavy atom. The van der Waals surface area contributed by atoms with Crippen LogP contribution in [0.2, 0.25) is 0 Å². The Morgan fingerprint density at radius 2 is 1.37 bits per heavy atom. The van der Waals surface area contributed by atoms with Crippen LogP contribution < -0.4 is 52.6 Å². The summed E-state index contributed by atoms with van der Waals surface area (Å²) in [4.78, 5) is 136. The minimum atomic E-state index is -4.42. The van der Waals surface area contributed by atoms with Crippen molar-refractivity contribution in [1.82, 2.24) is 26.6 Å². The van der Waals surface area contributed by atoms with Crippen molar-refractivity contribution in [2.24, 2.45) is 40.2 Å². The highest BCUT2D eigenvalue weighted by Gasteiger charge is 2.80. The van der Waals surface area contributed by atoms with Gasteiger partial charge in [-0.1, -0.05) is 113 Å². The van der Waals surface area contributed by atoms with Gasteiger partial charge >= 0.3 is 12.1 Å². The number of ketones is 2. The van der Waals surface area contributed by atoms with E-state index in [0.29, 0.717) is 47.6 Å². The maximum Gasteiger partial charge on any atom is 0.411 e. The van der Waals surface area contributed by atoms with Crippen molar-refractivity contribution < 1.29 is 113 Å². The number of carbonyl (C=O) groups excluding carboxylic acids is 10. The molecule has 1 saturated heterocycles. The lowest BCUT2D eigenvalue weighted by Crippen LogP contribution is -2.70. The molecule has 2 aliphatic heterocycles. The van der Waals surface area contributed by atoms with E-state index in [2.05, 4.69) is 55.6 Å². The lowest BCUT2D eigenvalue weighted by molar-refractivity contribution is -0.234. The average Bonchev–Trinajstić information content (AvgIpc) is 1.60. The highest BCUT2D eigenvalue weighted by atomic mass is 32.2. The number of aliphatic hydroxyl groups excluding tert-OH is 1. The number of fused-ring (bicyclic) bond motifs is 9. The number of nitrogens with zero attached hydrogens (tertiary/aromatic N) is 1. The Balaban J connectivity index is 0.635. The van der Waals surface area contributed by atoms with E-state index < -0.39 is 172 Å². The van der Waals surface area contributed by atoms with Crippen LogP contribution in [0.25, 0.3) is 0 Å². The van der Waals surface area contributed by atoms with Crippen LogP contribution in [0.15, 0.2) is 133 Å². The summed E-state index contributed by atoms with van der Waals surface area (Å²) < 4.78 is 113. The number of Topliss-reactive ketones (excluding diaryl/α,β-unsaturated/α-hetero) is 2. The minimum Gasteiger partial charge on any atom is -0.486 e. The number of hydrogen-bond acceptors (Lipinski definition) is 21. The lowest BCUT2D eigenvalue weighted by Gasteiger charge is -2.63. The first-order valence-corrected chi connectivity index (χ1v) is 43.3. The molecule has 6 aliphatic rings. The summed E-state index contributed by atoms with van der Waals surface area (Å²) in [5.41, 5.74) is 3.83. The van der Waals surface area contributed by atoms with E-state index in [1.165, 1.54) is 24.3 Å². The van der Waals surface area contributed by atoms with Crippen LogP contribution in [0.1, 0.15) is 140 Å². The number of allylic oxidation sites excluding steroid dienone is 5. The molecule has 0 radical (unpaired) electrons. The first kappa shape index (κ1) is 94.9. The Bertz CT molecular complexity index is 4700. The molecule has 123 heavy (non-hydrogen) atoms. The van der Waals surface area contributed by atoms with Crippen molar-refractivity contribution in [2.75, 3.05) is 100 Å². The Morgan fingerprint density at radius 3 is 2.06 bits per heavy atom. The average molecular weight is 1730 g/mol. The normalized spacial score (nSPS) is 23.4. The maximum atomic E-state index is 18.1. The molecule has 10 rings (SSSR count). The number of para-hydroxylation sites is 1. The summed E-state index contributed by atoms with van der Waals surface area (Å²) in [5.74, 6) is -1.73. The van der Waals surface area contributed by atoms with Gasteiger partial charge in [0, 0.05) is 96.9 Å². The van der Waals surface area contributed by atoms with E-state index in [9.17, 15) is 61.5 Å². The molecular weight excluding hydrogens is 1620 g/mol. The maximum absolute atomic E-state index is 18.1. The van der Waals surface area contributed by atoms with Crippen LogP contribution in [0.4, 0.5) is 35.4 Å². The molecule has 4 fully saturated rings. The van der Waals surface area contributed by atoms with Crippen molar-refractivity contribution in [3.63, 3.8) is 0 Å². The molecule has 4 aromatic rings. The van der Waals surface area contributed by atoms with E-state index in [1.54, 1.807) is 68.2 Å². The fourth-order valence-corrected chi connectivity index (χ4v) is 17.6. The van der Waals surface area contributed by atoms with Gasteiger partial charge in [0.15, 0.2) is 23.3 Å². The highest BCUT2D eigenvalue weighted by molar-refractivity contribution is 7.85. The van der Waals surface area contributed by atoms with Gasteiger partial charge in [-0.15, -0.1) is 0 Å². The molecule has 9 amide bonds. The van der Waals surface area contributed by atoms with Crippen molar-refractivity contribution in [2.45, 2.75) is 179 Å². The van der Waals surface area contributed by atoms with Gasteiger partial charge in [-0.05, 0) is 141 Å². The molecule has 4 aromatic carbocycles. The number of alkyl halides is 2. The Kier molecular flexibility index (Phi) is 33.8. The number of carbonyl (C=O) groups is 10. The zero-order chi connectivity index (χ0) is 88.7. The van der Waals surface area contributed by atoms with Gasteiger partial charge in [-0.3, -0.25) is 48.2 Å². The monoisotopic (exact) mass is 1730 g/mol. The van der Waals surface area contributed by atoms with E-state index in [4.69, 9.17) is 48.2 Å². The first-order chi connectivity index (χ1) is 58.7. The Hall–Kier alpha value is -10.4. The molecule has 3 saturated carbocycles. The van der Waals surface area contributed by atoms with E-state index in [-0.39, 0.29) is 153 Å². The van der Waals surface area contributed by atoms with Gasteiger partial charge in [0.25, 0.3) is 10.1 Å². The largest absolute Gasteiger partial charge is 0.486 e.